The van der Waals surface area contributed by atoms with Crippen molar-refractivity contribution in [1.82, 2.24) is 14.8 Å². The molecule has 0 bridgehead atoms. The highest BCUT2D eigenvalue weighted by atomic mass is 35.5. The highest BCUT2D eigenvalue weighted by Crippen LogP contribution is 2.22. The first-order valence-corrected chi connectivity index (χ1v) is 6.41. The van der Waals surface area contributed by atoms with Crippen LogP contribution in [0.1, 0.15) is 0 Å². The molecule has 1 heterocycles. The summed E-state index contributed by atoms with van der Waals surface area (Å²) < 4.78 is 1.76. The van der Waals surface area contributed by atoms with Crippen molar-refractivity contribution in [2.45, 2.75) is 0 Å². The minimum absolute atomic E-state index is 0.692. The first kappa shape index (κ1) is 12.2. The zero-order valence-corrected chi connectivity index (χ0v) is 11.3. The van der Waals surface area contributed by atoms with Crippen molar-refractivity contribution in [1.29, 1.82) is 0 Å². The van der Waals surface area contributed by atoms with Gasteiger partial charge in [-0.15, -0.1) is 0 Å². The Morgan fingerprint density at radius 2 is 1.37 bits per heavy atom. The maximum absolute atomic E-state index is 5.89. The van der Waals surface area contributed by atoms with Crippen molar-refractivity contribution in [3.8, 4) is 17.1 Å². The smallest absolute Gasteiger partial charge is 0.163 e. The van der Waals surface area contributed by atoms with E-state index >= 15 is 0 Å². The van der Waals surface area contributed by atoms with Crippen molar-refractivity contribution in [2.24, 2.45) is 0 Å². The summed E-state index contributed by atoms with van der Waals surface area (Å²) in [5.41, 5.74) is 1.86. The van der Waals surface area contributed by atoms with E-state index < -0.39 is 0 Å². The van der Waals surface area contributed by atoms with Gasteiger partial charge in [0.2, 0.25) is 0 Å². The van der Waals surface area contributed by atoms with E-state index in [4.69, 9.17) is 23.2 Å². The van der Waals surface area contributed by atoms with Gasteiger partial charge in [0, 0.05) is 15.6 Å². The second kappa shape index (κ2) is 5.03. The monoisotopic (exact) mass is 289 g/mol. The highest BCUT2D eigenvalue weighted by Gasteiger charge is 2.08. The SMILES string of the molecule is Clc1ccc(-c2ncnn2-c2ccc(Cl)cc2)cc1. The number of hydrogen-bond donors (Lipinski definition) is 0. The van der Waals surface area contributed by atoms with Crippen LogP contribution in [0.5, 0.6) is 0 Å². The van der Waals surface area contributed by atoms with E-state index in [1.54, 1.807) is 4.68 Å². The molecule has 3 nitrogen and oxygen atoms in total. The summed E-state index contributed by atoms with van der Waals surface area (Å²) in [6.45, 7) is 0. The Morgan fingerprint density at radius 1 is 0.789 bits per heavy atom. The molecule has 5 heteroatoms. The van der Waals surface area contributed by atoms with Crippen LogP contribution in [-0.2, 0) is 0 Å². The molecule has 0 aliphatic heterocycles. The number of benzene rings is 2. The van der Waals surface area contributed by atoms with Gasteiger partial charge in [0.1, 0.15) is 6.33 Å². The molecular weight excluding hydrogens is 281 g/mol. The van der Waals surface area contributed by atoms with Crippen LogP contribution >= 0.6 is 23.2 Å². The lowest BCUT2D eigenvalue weighted by Gasteiger charge is -2.06. The van der Waals surface area contributed by atoms with Crippen LogP contribution in [0.15, 0.2) is 54.9 Å². The number of rotatable bonds is 2. The highest BCUT2D eigenvalue weighted by molar-refractivity contribution is 6.30. The molecule has 19 heavy (non-hydrogen) atoms. The molecule has 0 spiro atoms. The maximum Gasteiger partial charge on any atom is 0.163 e. The Morgan fingerprint density at radius 3 is 2.00 bits per heavy atom. The molecule has 0 saturated carbocycles. The van der Waals surface area contributed by atoms with Gasteiger partial charge in [-0.05, 0) is 48.5 Å². The van der Waals surface area contributed by atoms with Crippen LogP contribution in [0.25, 0.3) is 17.1 Å². The summed E-state index contributed by atoms with van der Waals surface area (Å²) in [5.74, 6) is 0.763. The van der Waals surface area contributed by atoms with E-state index in [0.717, 1.165) is 17.1 Å². The molecule has 0 saturated heterocycles. The Bertz CT molecular complexity index is 627. The molecular formula is C14H9Cl2N3. The number of halogens is 2. The van der Waals surface area contributed by atoms with Crippen LogP contribution in [0, 0.1) is 0 Å². The standard InChI is InChI=1S/C14H9Cl2N3/c15-11-3-1-10(2-4-11)14-17-9-18-19(14)13-7-5-12(16)6-8-13/h1-9H. The van der Waals surface area contributed by atoms with Crippen LogP contribution in [0.4, 0.5) is 0 Å². The Kier molecular flexibility index (Phi) is 3.23. The molecule has 0 atom stereocenters. The van der Waals surface area contributed by atoms with Gasteiger partial charge in [-0.2, -0.15) is 5.10 Å². The molecule has 0 N–H and O–H groups in total. The molecule has 3 aromatic rings. The van der Waals surface area contributed by atoms with Gasteiger partial charge in [0.05, 0.1) is 5.69 Å². The second-order valence-electron chi connectivity index (χ2n) is 3.98. The minimum atomic E-state index is 0.692. The van der Waals surface area contributed by atoms with Crippen molar-refractivity contribution in [2.75, 3.05) is 0 Å². The fourth-order valence-corrected chi connectivity index (χ4v) is 2.06. The van der Waals surface area contributed by atoms with Gasteiger partial charge >= 0.3 is 0 Å². The summed E-state index contributed by atoms with van der Waals surface area (Å²) in [6, 6.07) is 14.9. The van der Waals surface area contributed by atoms with Crippen LogP contribution in [0.2, 0.25) is 10.0 Å². The van der Waals surface area contributed by atoms with E-state index in [1.165, 1.54) is 6.33 Å². The molecule has 2 aromatic carbocycles. The largest absolute Gasteiger partial charge is 0.215 e. The molecule has 94 valence electrons. The Balaban J connectivity index is 2.07. The van der Waals surface area contributed by atoms with Crippen LogP contribution in [0.3, 0.4) is 0 Å². The molecule has 0 amide bonds. The van der Waals surface area contributed by atoms with E-state index in [-0.39, 0.29) is 0 Å². The fourth-order valence-electron chi connectivity index (χ4n) is 1.81. The van der Waals surface area contributed by atoms with Gasteiger partial charge in [0.15, 0.2) is 5.82 Å². The summed E-state index contributed by atoms with van der Waals surface area (Å²) in [6.07, 6.45) is 1.53. The lowest BCUT2D eigenvalue weighted by atomic mass is 10.2. The first-order valence-electron chi connectivity index (χ1n) is 5.66. The predicted octanol–water partition coefficient (Wildman–Crippen LogP) is 4.24. The third kappa shape index (κ3) is 2.48. The molecule has 0 fully saturated rings. The number of hydrogen-bond acceptors (Lipinski definition) is 2. The Hall–Kier alpha value is -1.84. The molecule has 0 aliphatic carbocycles. The third-order valence-electron chi connectivity index (χ3n) is 2.72. The summed E-state index contributed by atoms with van der Waals surface area (Å²) >= 11 is 11.8. The van der Waals surface area contributed by atoms with Gasteiger partial charge in [-0.1, -0.05) is 23.2 Å². The Labute approximate surface area is 120 Å². The van der Waals surface area contributed by atoms with Gasteiger partial charge in [0.25, 0.3) is 0 Å². The van der Waals surface area contributed by atoms with Gasteiger partial charge < -0.3 is 0 Å². The average Bonchev–Trinajstić information content (AvgIpc) is 2.90. The van der Waals surface area contributed by atoms with Gasteiger partial charge in [-0.3, -0.25) is 0 Å². The zero-order valence-electron chi connectivity index (χ0n) is 9.79. The fraction of sp³-hybridized carbons (Fsp3) is 0. The third-order valence-corrected chi connectivity index (χ3v) is 3.23. The van der Waals surface area contributed by atoms with E-state index in [1.807, 2.05) is 48.5 Å². The van der Waals surface area contributed by atoms with Gasteiger partial charge in [-0.25, -0.2) is 9.67 Å². The zero-order chi connectivity index (χ0) is 13.2. The molecule has 0 radical (unpaired) electrons. The molecule has 0 unspecified atom stereocenters. The number of aromatic nitrogens is 3. The number of nitrogens with zero attached hydrogens (tertiary/aromatic N) is 3. The topological polar surface area (TPSA) is 30.7 Å². The minimum Gasteiger partial charge on any atom is -0.215 e. The predicted molar refractivity (Wildman–Crippen MR) is 76.8 cm³/mol. The van der Waals surface area contributed by atoms with Crippen LogP contribution < -0.4 is 0 Å². The normalized spacial score (nSPS) is 10.6. The van der Waals surface area contributed by atoms with E-state index in [2.05, 4.69) is 10.1 Å². The van der Waals surface area contributed by atoms with Crippen molar-refractivity contribution in [3.05, 3.63) is 64.9 Å². The second-order valence-corrected chi connectivity index (χ2v) is 4.85. The van der Waals surface area contributed by atoms with Crippen molar-refractivity contribution in [3.63, 3.8) is 0 Å². The summed E-state index contributed by atoms with van der Waals surface area (Å²) in [4.78, 5) is 4.29. The molecule has 0 aliphatic rings. The summed E-state index contributed by atoms with van der Waals surface area (Å²) in [7, 11) is 0. The molecule has 1 aromatic heterocycles. The van der Waals surface area contributed by atoms with Crippen LogP contribution in [-0.4, -0.2) is 14.8 Å². The lowest BCUT2D eigenvalue weighted by Crippen LogP contribution is -1.99. The molecule has 3 rings (SSSR count). The maximum atomic E-state index is 5.89. The van der Waals surface area contributed by atoms with E-state index in [9.17, 15) is 0 Å². The average molecular weight is 290 g/mol. The summed E-state index contributed by atoms with van der Waals surface area (Å²) in [5, 5.41) is 5.63. The van der Waals surface area contributed by atoms with Crippen molar-refractivity contribution >= 4 is 23.2 Å². The quantitative estimate of drug-likeness (QED) is 0.706. The van der Waals surface area contributed by atoms with Crippen molar-refractivity contribution < 1.29 is 0 Å². The lowest BCUT2D eigenvalue weighted by molar-refractivity contribution is 0.887. The first-order chi connectivity index (χ1) is 9.24. The van der Waals surface area contributed by atoms with E-state index in [0.29, 0.717) is 10.0 Å².